The molecule has 1 aromatic heterocycles. The summed E-state index contributed by atoms with van der Waals surface area (Å²) in [5.74, 6) is 0.437. The molecule has 1 heterocycles. The monoisotopic (exact) mass is 242 g/mol. The van der Waals surface area contributed by atoms with Crippen molar-refractivity contribution in [3.8, 4) is 0 Å². The predicted octanol–water partition coefficient (Wildman–Crippen LogP) is 2.23. The van der Waals surface area contributed by atoms with E-state index in [9.17, 15) is 8.78 Å². The van der Waals surface area contributed by atoms with Gasteiger partial charge >= 0.3 is 0 Å². The number of aromatic nitrogens is 1. The number of rotatable bonds is 5. The molecule has 4 nitrogen and oxygen atoms in total. The number of fused-ring (bicyclic) bond motifs is 1. The minimum absolute atomic E-state index is 0.150. The van der Waals surface area contributed by atoms with E-state index in [0.29, 0.717) is 29.1 Å². The fraction of sp³-hybridized carbons (Fsp3) is 0.364. The minimum atomic E-state index is -2.45. The molecule has 0 spiro atoms. The quantitative estimate of drug-likeness (QED) is 0.645. The minimum Gasteiger partial charge on any atom is -0.441 e. The van der Waals surface area contributed by atoms with Crippen LogP contribution in [0.4, 0.5) is 14.5 Å². The Kier molecular flexibility index (Phi) is 3.53. The number of nitrogens with zero attached hydrogens (tertiary/aromatic N) is 1. The van der Waals surface area contributed by atoms with E-state index in [1.165, 1.54) is 0 Å². The van der Waals surface area contributed by atoms with Crippen LogP contribution in [0, 0.1) is 0 Å². The molecular weight excluding hydrogens is 230 g/mol. The summed E-state index contributed by atoms with van der Waals surface area (Å²) < 4.78 is 33.7. The largest absolute Gasteiger partial charge is 0.441 e. The van der Waals surface area contributed by atoms with Crippen LogP contribution in [0.3, 0.4) is 0 Å². The number of ether oxygens (including phenoxy) is 1. The van der Waals surface area contributed by atoms with Gasteiger partial charge in [0, 0.05) is 6.42 Å². The second-order valence-electron chi connectivity index (χ2n) is 3.52. The van der Waals surface area contributed by atoms with E-state index in [1.54, 1.807) is 18.2 Å². The van der Waals surface area contributed by atoms with Gasteiger partial charge in [-0.3, -0.25) is 0 Å². The first-order valence-electron chi connectivity index (χ1n) is 5.16. The maximum Gasteiger partial charge on any atom is 0.261 e. The van der Waals surface area contributed by atoms with Crippen LogP contribution in [0.5, 0.6) is 0 Å². The molecule has 2 rings (SSSR count). The lowest BCUT2D eigenvalue weighted by molar-refractivity contribution is 0.0174. The summed E-state index contributed by atoms with van der Waals surface area (Å²) >= 11 is 0. The van der Waals surface area contributed by atoms with Crippen molar-refractivity contribution in [3.05, 3.63) is 24.1 Å². The van der Waals surface area contributed by atoms with Crippen molar-refractivity contribution < 1.29 is 17.9 Å². The van der Waals surface area contributed by atoms with Gasteiger partial charge in [0.15, 0.2) is 11.5 Å². The average molecular weight is 242 g/mol. The number of nitrogens with two attached hydrogens (primary N) is 1. The third-order valence-electron chi connectivity index (χ3n) is 2.20. The van der Waals surface area contributed by atoms with Crippen molar-refractivity contribution in [1.29, 1.82) is 0 Å². The lowest BCUT2D eigenvalue weighted by Gasteiger charge is -2.00. The van der Waals surface area contributed by atoms with Gasteiger partial charge in [-0.1, -0.05) is 6.07 Å². The molecule has 0 atom stereocenters. The molecule has 2 aromatic rings. The predicted molar refractivity (Wildman–Crippen MR) is 58.9 cm³/mol. The highest BCUT2D eigenvalue weighted by Gasteiger charge is 2.08. The van der Waals surface area contributed by atoms with Gasteiger partial charge in [-0.05, 0) is 12.1 Å². The number of alkyl halides is 2. The molecule has 0 aliphatic carbocycles. The molecule has 92 valence electrons. The third kappa shape index (κ3) is 2.91. The summed E-state index contributed by atoms with van der Waals surface area (Å²) in [6.45, 7) is -0.417. The second kappa shape index (κ2) is 5.09. The highest BCUT2D eigenvalue weighted by atomic mass is 19.3. The van der Waals surface area contributed by atoms with Gasteiger partial charge in [-0.2, -0.15) is 0 Å². The average Bonchev–Trinajstić information content (AvgIpc) is 2.69. The first-order valence-corrected chi connectivity index (χ1v) is 5.16. The van der Waals surface area contributed by atoms with Crippen LogP contribution >= 0.6 is 0 Å². The fourth-order valence-corrected chi connectivity index (χ4v) is 1.45. The van der Waals surface area contributed by atoms with Gasteiger partial charge in [0.05, 0.1) is 12.3 Å². The first-order chi connectivity index (χ1) is 8.16. The molecule has 0 saturated carbocycles. The van der Waals surface area contributed by atoms with Crippen LogP contribution in [0.2, 0.25) is 0 Å². The van der Waals surface area contributed by atoms with E-state index in [2.05, 4.69) is 4.98 Å². The summed E-state index contributed by atoms with van der Waals surface area (Å²) in [6.07, 6.45) is -2.10. The Balaban J connectivity index is 1.98. The molecule has 0 saturated heterocycles. The van der Waals surface area contributed by atoms with Crippen LogP contribution in [0.25, 0.3) is 11.1 Å². The summed E-state index contributed by atoms with van der Waals surface area (Å²) in [5, 5.41) is 0. The number of nitrogen functional groups attached to an aromatic ring is 1. The normalized spacial score (nSPS) is 11.5. The third-order valence-corrected chi connectivity index (χ3v) is 2.20. The number of oxazole rings is 1. The van der Waals surface area contributed by atoms with Crippen molar-refractivity contribution >= 4 is 16.8 Å². The molecule has 0 amide bonds. The number of hydrogen-bond acceptors (Lipinski definition) is 4. The maximum absolute atomic E-state index is 11.8. The molecular formula is C11H12F2N2O2. The summed E-state index contributed by atoms with van der Waals surface area (Å²) in [4.78, 5) is 4.17. The van der Waals surface area contributed by atoms with Gasteiger partial charge < -0.3 is 14.9 Å². The lowest BCUT2D eigenvalue weighted by Crippen LogP contribution is -2.07. The zero-order valence-corrected chi connectivity index (χ0v) is 9.03. The van der Waals surface area contributed by atoms with Crippen molar-refractivity contribution in [1.82, 2.24) is 4.98 Å². The summed E-state index contributed by atoms with van der Waals surface area (Å²) in [5.41, 5.74) is 7.43. The molecule has 17 heavy (non-hydrogen) atoms. The van der Waals surface area contributed by atoms with Gasteiger partial charge in [0.2, 0.25) is 0 Å². The lowest BCUT2D eigenvalue weighted by atomic mass is 10.3. The first kappa shape index (κ1) is 11.8. The highest BCUT2D eigenvalue weighted by molar-refractivity contribution is 5.85. The summed E-state index contributed by atoms with van der Waals surface area (Å²) in [6, 6.07) is 5.24. The van der Waals surface area contributed by atoms with E-state index in [0.717, 1.165) is 0 Å². The Morgan fingerprint density at radius 1 is 1.41 bits per heavy atom. The Morgan fingerprint density at radius 2 is 2.24 bits per heavy atom. The van der Waals surface area contributed by atoms with Crippen LogP contribution in [0.15, 0.2) is 22.6 Å². The van der Waals surface area contributed by atoms with Gasteiger partial charge in [-0.25, -0.2) is 13.8 Å². The zero-order chi connectivity index (χ0) is 12.3. The highest BCUT2D eigenvalue weighted by Crippen LogP contribution is 2.21. The molecule has 6 heteroatoms. The van der Waals surface area contributed by atoms with E-state index in [-0.39, 0.29) is 6.61 Å². The van der Waals surface area contributed by atoms with Crippen molar-refractivity contribution in [3.63, 3.8) is 0 Å². The number of anilines is 1. The van der Waals surface area contributed by atoms with Crippen LogP contribution in [-0.2, 0) is 11.2 Å². The number of benzene rings is 1. The Bertz CT molecular complexity index is 499. The fourth-order valence-electron chi connectivity index (χ4n) is 1.45. The Hall–Kier alpha value is -1.69. The van der Waals surface area contributed by atoms with Crippen LogP contribution < -0.4 is 5.73 Å². The van der Waals surface area contributed by atoms with Crippen molar-refractivity contribution in [2.24, 2.45) is 0 Å². The Morgan fingerprint density at radius 3 is 2.94 bits per heavy atom. The maximum atomic E-state index is 11.8. The molecule has 1 aromatic carbocycles. The summed E-state index contributed by atoms with van der Waals surface area (Å²) in [7, 11) is 0. The molecule has 2 N–H and O–H groups in total. The van der Waals surface area contributed by atoms with E-state index < -0.39 is 13.0 Å². The smallest absolute Gasteiger partial charge is 0.261 e. The molecule has 0 bridgehead atoms. The molecule has 0 unspecified atom stereocenters. The Labute approximate surface area is 96.4 Å². The van der Waals surface area contributed by atoms with Crippen LogP contribution in [-0.4, -0.2) is 24.6 Å². The second-order valence-corrected chi connectivity index (χ2v) is 3.52. The number of halogens is 2. The van der Waals surface area contributed by atoms with Gasteiger partial charge in [-0.15, -0.1) is 0 Å². The van der Waals surface area contributed by atoms with Crippen LogP contribution in [0.1, 0.15) is 5.89 Å². The zero-order valence-electron chi connectivity index (χ0n) is 9.03. The topological polar surface area (TPSA) is 61.3 Å². The van der Waals surface area contributed by atoms with Crippen molar-refractivity contribution in [2.45, 2.75) is 12.8 Å². The van der Waals surface area contributed by atoms with Gasteiger partial charge in [0.25, 0.3) is 6.43 Å². The van der Waals surface area contributed by atoms with Crippen molar-refractivity contribution in [2.75, 3.05) is 18.9 Å². The molecule has 0 aliphatic heterocycles. The van der Waals surface area contributed by atoms with E-state index >= 15 is 0 Å². The SMILES string of the molecule is Nc1cccc2oc(CCOCC(F)F)nc12. The number of para-hydroxylation sites is 1. The van der Waals surface area contributed by atoms with E-state index in [4.69, 9.17) is 14.9 Å². The van der Waals surface area contributed by atoms with E-state index in [1.807, 2.05) is 0 Å². The van der Waals surface area contributed by atoms with Gasteiger partial charge in [0.1, 0.15) is 12.1 Å². The number of hydrogen-bond donors (Lipinski definition) is 1. The molecule has 0 radical (unpaired) electrons. The molecule has 0 fully saturated rings. The molecule has 0 aliphatic rings. The standard InChI is InChI=1S/C11H12F2N2O2/c12-9(13)6-16-5-4-10-15-11-7(14)2-1-3-8(11)17-10/h1-3,9H,4-6,14H2.